The summed E-state index contributed by atoms with van der Waals surface area (Å²) in [7, 11) is 3.72. The van der Waals surface area contributed by atoms with Crippen LogP contribution in [0.4, 0.5) is 0 Å². The quantitative estimate of drug-likeness (QED) is 0.671. The molecule has 0 bridgehead atoms. The minimum Gasteiger partial charge on any atom is -0.333 e. The summed E-state index contributed by atoms with van der Waals surface area (Å²) < 4.78 is 0. The highest BCUT2D eigenvalue weighted by atomic mass is 15.2. The summed E-state index contributed by atoms with van der Waals surface area (Å²) in [5.41, 5.74) is 4.50. The van der Waals surface area contributed by atoms with Gasteiger partial charge in [0.05, 0.1) is 0 Å². The molecule has 0 aliphatic carbocycles. The zero-order valence-corrected chi connectivity index (χ0v) is 10.1. The molecule has 0 radical (unpaired) electrons. The molecule has 1 aliphatic heterocycles. The van der Waals surface area contributed by atoms with Crippen LogP contribution in [-0.2, 0) is 0 Å². The van der Waals surface area contributed by atoms with Gasteiger partial charge in [0.15, 0.2) is 0 Å². The molecule has 86 valence electrons. The molecule has 3 nitrogen and oxygen atoms in total. The van der Waals surface area contributed by atoms with Crippen LogP contribution in [0.3, 0.4) is 0 Å². The normalized spacial score (nSPS) is 20.4. The van der Waals surface area contributed by atoms with Gasteiger partial charge in [-0.05, 0) is 40.0 Å². The Labute approximate surface area is 89.4 Å². The van der Waals surface area contributed by atoms with Crippen molar-refractivity contribution in [2.24, 2.45) is 5.73 Å². The van der Waals surface area contributed by atoms with E-state index < -0.39 is 0 Å². The van der Waals surface area contributed by atoms with E-state index in [0.717, 1.165) is 12.6 Å². The molecule has 14 heavy (non-hydrogen) atoms. The first-order chi connectivity index (χ1) is 6.84. The van der Waals surface area contributed by atoms with Crippen LogP contribution in [0.1, 0.15) is 19.8 Å². The molecule has 0 aromatic rings. The van der Waals surface area contributed by atoms with Crippen LogP contribution in [0.15, 0.2) is 13.2 Å². The van der Waals surface area contributed by atoms with Crippen LogP contribution >= 0.6 is 0 Å². The van der Waals surface area contributed by atoms with Crippen molar-refractivity contribution in [3.8, 4) is 0 Å². The van der Waals surface area contributed by atoms with Gasteiger partial charge in [-0.15, -0.1) is 13.2 Å². The van der Waals surface area contributed by atoms with Crippen LogP contribution < -0.4 is 11.1 Å². The summed E-state index contributed by atoms with van der Waals surface area (Å²) in [6, 6.07) is 0.806. The summed E-state index contributed by atoms with van der Waals surface area (Å²) >= 11 is 0. The summed E-state index contributed by atoms with van der Waals surface area (Å²) in [6.45, 7) is 11.7. The number of likely N-dealkylation sites (N-methyl/N-ethyl adjacent to an activating group) is 2. The summed E-state index contributed by atoms with van der Waals surface area (Å²) in [4.78, 5) is 2.45. The number of rotatable bonds is 3. The second-order valence-electron chi connectivity index (χ2n) is 3.08. The minimum absolute atomic E-state index is 0.806. The van der Waals surface area contributed by atoms with Crippen molar-refractivity contribution in [1.29, 1.82) is 0 Å². The summed E-state index contributed by atoms with van der Waals surface area (Å²) in [5.74, 6) is 0. The minimum atomic E-state index is 0.806. The third-order valence-corrected chi connectivity index (χ3v) is 2.30. The molecule has 3 N–H and O–H groups in total. The van der Waals surface area contributed by atoms with Crippen LogP contribution in [0.2, 0.25) is 0 Å². The van der Waals surface area contributed by atoms with Gasteiger partial charge in [-0.3, -0.25) is 0 Å². The zero-order chi connectivity index (χ0) is 11.4. The summed E-state index contributed by atoms with van der Waals surface area (Å²) in [6.07, 6.45) is 2.76. The van der Waals surface area contributed by atoms with Gasteiger partial charge in [-0.1, -0.05) is 6.92 Å². The Kier molecular flexibility index (Phi) is 14.5. The molecule has 1 atom stereocenters. The van der Waals surface area contributed by atoms with E-state index in [-0.39, 0.29) is 0 Å². The zero-order valence-electron chi connectivity index (χ0n) is 10.1. The molecule has 1 unspecified atom stereocenters. The van der Waals surface area contributed by atoms with Crippen molar-refractivity contribution in [3.63, 3.8) is 0 Å². The van der Waals surface area contributed by atoms with E-state index >= 15 is 0 Å². The van der Waals surface area contributed by atoms with Gasteiger partial charge in [-0.25, -0.2) is 0 Å². The van der Waals surface area contributed by atoms with Gasteiger partial charge in [0.2, 0.25) is 0 Å². The first-order valence-electron chi connectivity index (χ1n) is 5.33. The topological polar surface area (TPSA) is 41.3 Å². The Morgan fingerprint density at radius 3 is 2.36 bits per heavy atom. The largest absolute Gasteiger partial charge is 0.333 e. The molecule has 1 fully saturated rings. The number of hydrogen-bond acceptors (Lipinski definition) is 3. The van der Waals surface area contributed by atoms with E-state index in [9.17, 15) is 0 Å². The first kappa shape index (κ1) is 16.1. The van der Waals surface area contributed by atoms with Crippen LogP contribution in [0.25, 0.3) is 0 Å². The maximum atomic E-state index is 4.50. The van der Waals surface area contributed by atoms with Crippen molar-refractivity contribution in [3.05, 3.63) is 13.2 Å². The molecule has 0 amide bonds. The molecular formula is C11H27N3. The Morgan fingerprint density at radius 2 is 2.00 bits per heavy atom. The molecule has 0 aromatic carbocycles. The Bertz CT molecular complexity index is 107. The highest BCUT2D eigenvalue weighted by Crippen LogP contribution is 2.13. The van der Waals surface area contributed by atoms with E-state index in [1.54, 1.807) is 0 Å². The van der Waals surface area contributed by atoms with Gasteiger partial charge >= 0.3 is 0 Å². The number of likely N-dealkylation sites (tertiary alicyclic amines) is 1. The third-order valence-electron chi connectivity index (χ3n) is 2.30. The predicted molar refractivity (Wildman–Crippen MR) is 65.6 cm³/mol. The molecule has 0 aromatic heterocycles. The fraction of sp³-hybridized carbons (Fsp3) is 0.818. The van der Waals surface area contributed by atoms with Crippen LogP contribution in [-0.4, -0.2) is 44.7 Å². The molecular weight excluding hydrogens is 174 g/mol. The van der Waals surface area contributed by atoms with Crippen molar-refractivity contribution in [2.75, 3.05) is 33.7 Å². The standard InChI is InChI=1S/C8H18N2.C2H4.CH5N/c1-3-9-7-8-5-4-6-10(8)2;2*1-2/h8-9H,3-7H2,1-2H3;1-2H2;2H2,1H3. The number of hydrogen-bond donors (Lipinski definition) is 2. The molecule has 0 spiro atoms. The van der Waals surface area contributed by atoms with Crippen molar-refractivity contribution in [1.82, 2.24) is 10.2 Å². The lowest BCUT2D eigenvalue weighted by atomic mass is 10.2. The van der Waals surface area contributed by atoms with Gasteiger partial charge in [0.25, 0.3) is 0 Å². The van der Waals surface area contributed by atoms with Gasteiger partial charge in [0.1, 0.15) is 0 Å². The van der Waals surface area contributed by atoms with Crippen molar-refractivity contribution >= 4 is 0 Å². The van der Waals surface area contributed by atoms with E-state index in [2.05, 4.69) is 43.1 Å². The Hall–Kier alpha value is -0.380. The molecule has 1 heterocycles. The smallest absolute Gasteiger partial charge is 0.0218 e. The molecule has 1 aliphatic rings. The molecule has 1 rings (SSSR count). The molecule has 0 saturated carbocycles. The average molecular weight is 201 g/mol. The lowest BCUT2D eigenvalue weighted by molar-refractivity contribution is 0.302. The van der Waals surface area contributed by atoms with E-state index in [1.807, 2.05) is 0 Å². The van der Waals surface area contributed by atoms with Crippen molar-refractivity contribution < 1.29 is 0 Å². The Morgan fingerprint density at radius 1 is 1.43 bits per heavy atom. The lowest BCUT2D eigenvalue weighted by Crippen LogP contribution is -2.35. The summed E-state index contributed by atoms with van der Waals surface area (Å²) in [5, 5.41) is 3.38. The SMILES string of the molecule is C=C.CCNCC1CCCN1C.CN. The van der Waals surface area contributed by atoms with E-state index in [4.69, 9.17) is 0 Å². The maximum absolute atomic E-state index is 4.50. The fourth-order valence-corrected chi connectivity index (χ4v) is 1.55. The van der Waals surface area contributed by atoms with Gasteiger partial charge < -0.3 is 16.0 Å². The Balaban J connectivity index is 0. The van der Waals surface area contributed by atoms with E-state index in [0.29, 0.717) is 0 Å². The number of nitrogens with one attached hydrogen (secondary N) is 1. The monoisotopic (exact) mass is 201 g/mol. The lowest BCUT2D eigenvalue weighted by Gasteiger charge is -2.18. The highest BCUT2D eigenvalue weighted by Gasteiger charge is 2.19. The first-order valence-corrected chi connectivity index (χ1v) is 5.33. The predicted octanol–water partition coefficient (Wildman–Crippen LogP) is 1.07. The number of nitrogens with zero attached hydrogens (tertiary/aromatic N) is 1. The van der Waals surface area contributed by atoms with Crippen LogP contribution in [0, 0.1) is 0 Å². The average Bonchev–Trinajstić information content (AvgIpc) is 2.67. The second-order valence-corrected chi connectivity index (χ2v) is 3.08. The van der Waals surface area contributed by atoms with Crippen molar-refractivity contribution in [2.45, 2.75) is 25.8 Å². The molecule has 1 saturated heterocycles. The van der Waals surface area contributed by atoms with Gasteiger partial charge in [-0.2, -0.15) is 0 Å². The third kappa shape index (κ3) is 7.06. The number of nitrogens with two attached hydrogens (primary N) is 1. The maximum Gasteiger partial charge on any atom is 0.0218 e. The second kappa shape index (κ2) is 12.6. The molecule has 3 heteroatoms. The van der Waals surface area contributed by atoms with Gasteiger partial charge in [0, 0.05) is 12.6 Å². The fourth-order valence-electron chi connectivity index (χ4n) is 1.55. The van der Waals surface area contributed by atoms with E-state index in [1.165, 1.54) is 33.0 Å². The van der Waals surface area contributed by atoms with Crippen LogP contribution in [0.5, 0.6) is 0 Å². The highest BCUT2D eigenvalue weighted by molar-refractivity contribution is 4.77.